The fraction of sp³-hybridized carbons (Fsp3) is 0.209. The van der Waals surface area contributed by atoms with Crippen LogP contribution in [0.3, 0.4) is 0 Å². The molecule has 3 amide bonds. The lowest BCUT2D eigenvalue weighted by atomic mass is 9.77. The molecule has 6 rings (SSSR count). The molecule has 9 nitrogen and oxygen atoms in total. The molecular weight excluding hydrogens is 654 g/mol. The zero-order valence-corrected chi connectivity index (χ0v) is 29.0. The van der Waals surface area contributed by atoms with Crippen molar-refractivity contribution in [1.82, 2.24) is 16.0 Å². The fourth-order valence-electron chi connectivity index (χ4n) is 6.83. The number of hydrogen-bond donors (Lipinski definition) is 4. The van der Waals surface area contributed by atoms with Crippen molar-refractivity contribution >= 4 is 23.9 Å². The second-order valence-electron chi connectivity index (χ2n) is 13.4. The van der Waals surface area contributed by atoms with Crippen LogP contribution in [0.2, 0.25) is 0 Å². The van der Waals surface area contributed by atoms with Crippen LogP contribution in [0, 0.1) is 0 Å². The Hall–Kier alpha value is -6.22. The Morgan fingerprint density at radius 3 is 1.56 bits per heavy atom. The number of ether oxygens (including phenoxy) is 1. The average Bonchev–Trinajstić information content (AvgIpc) is 3.49. The van der Waals surface area contributed by atoms with Gasteiger partial charge in [-0.15, -0.1) is 0 Å². The lowest BCUT2D eigenvalue weighted by molar-refractivity contribution is -0.146. The van der Waals surface area contributed by atoms with Gasteiger partial charge in [-0.05, 0) is 59.2 Å². The van der Waals surface area contributed by atoms with E-state index in [0.717, 1.165) is 38.9 Å². The van der Waals surface area contributed by atoms with E-state index in [1.54, 1.807) is 0 Å². The quantitative estimate of drug-likeness (QED) is 0.101. The summed E-state index contributed by atoms with van der Waals surface area (Å²) >= 11 is 0. The number of fused-ring (bicyclic) bond motifs is 3. The molecule has 1 aliphatic carbocycles. The maximum atomic E-state index is 14.0. The first-order valence-corrected chi connectivity index (χ1v) is 17.2. The van der Waals surface area contributed by atoms with Crippen LogP contribution in [0.5, 0.6) is 0 Å². The monoisotopic (exact) mass is 695 g/mol. The Morgan fingerprint density at radius 2 is 1.10 bits per heavy atom. The Kier molecular flexibility index (Phi) is 10.5. The summed E-state index contributed by atoms with van der Waals surface area (Å²) in [5, 5.41) is 18.1. The Labute approximate surface area is 303 Å². The number of nitrogens with one attached hydrogen (secondary N) is 3. The van der Waals surface area contributed by atoms with Gasteiger partial charge in [0.05, 0.1) is 0 Å². The SMILES string of the molecule is CC(C)(NC(=O)[C@H](CCC(=O)NC(c1ccccc1)(c1ccccc1)c1ccccc1)NC(=O)OCC1c2ccccc2-c2ccccc21)C(=O)O. The lowest BCUT2D eigenvalue weighted by Crippen LogP contribution is -2.56. The molecule has 0 saturated carbocycles. The van der Waals surface area contributed by atoms with Crippen molar-refractivity contribution < 1.29 is 29.0 Å². The number of carbonyl (C=O) groups excluding carboxylic acids is 3. The molecule has 52 heavy (non-hydrogen) atoms. The molecule has 0 radical (unpaired) electrons. The molecule has 0 saturated heterocycles. The molecule has 5 aromatic carbocycles. The number of carboxylic acids is 1. The largest absolute Gasteiger partial charge is 0.480 e. The Balaban J connectivity index is 1.22. The van der Waals surface area contributed by atoms with Gasteiger partial charge >= 0.3 is 12.1 Å². The van der Waals surface area contributed by atoms with E-state index in [2.05, 4.69) is 16.0 Å². The van der Waals surface area contributed by atoms with E-state index >= 15 is 0 Å². The number of carbonyl (C=O) groups is 4. The van der Waals surface area contributed by atoms with Crippen LogP contribution in [0.4, 0.5) is 4.79 Å². The van der Waals surface area contributed by atoms with Gasteiger partial charge in [-0.2, -0.15) is 0 Å². The highest BCUT2D eigenvalue weighted by Crippen LogP contribution is 2.44. The Bertz CT molecular complexity index is 1910. The molecule has 0 aliphatic heterocycles. The highest BCUT2D eigenvalue weighted by atomic mass is 16.5. The van der Waals surface area contributed by atoms with E-state index in [1.165, 1.54) is 13.8 Å². The van der Waals surface area contributed by atoms with E-state index in [0.29, 0.717) is 0 Å². The number of rotatable bonds is 13. The maximum Gasteiger partial charge on any atom is 0.407 e. The number of benzene rings is 5. The molecule has 0 fully saturated rings. The summed E-state index contributed by atoms with van der Waals surface area (Å²) in [6, 6.07) is 43.5. The molecule has 264 valence electrons. The van der Waals surface area contributed by atoms with Gasteiger partial charge in [0.1, 0.15) is 23.7 Å². The minimum absolute atomic E-state index is 0.0169. The first-order chi connectivity index (χ1) is 25.1. The van der Waals surface area contributed by atoms with Gasteiger partial charge in [-0.3, -0.25) is 9.59 Å². The third-order valence-corrected chi connectivity index (χ3v) is 9.53. The second kappa shape index (κ2) is 15.3. The van der Waals surface area contributed by atoms with Gasteiger partial charge < -0.3 is 25.8 Å². The molecule has 9 heteroatoms. The number of amides is 3. The van der Waals surface area contributed by atoms with Crippen LogP contribution in [0.15, 0.2) is 140 Å². The summed E-state index contributed by atoms with van der Waals surface area (Å²) in [6.07, 6.45) is -1.17. The number of hydrogen-bond acceptors (Lipinski definition) is 5. The average molecular weight is 696 g/mol. The first-order valence-electron chi connectivity index (χ1n) is 17.2. The van der Waals surface area contributed by atoms with Gasteiger partial charge in [0.15, 0.2) is 0 Å². The smallest absolute Gasteiger partial charge is 0.407 e. The normalized spacial score (nSPS) is 12.9. The lowest BCUT2D eigenvalue weighted by Gasteiger charge is -2.37. The van der Waals surface area contributed by atoms with Crippen LogP contribution in [-0.4, -0.2) is 47.2 Å². The van der Waals surface area contributed by atoms with Crippen molar-refractivity contribution in [3.63, 3.8) is 0 Å². The highest BCUT2D eigenvalue weighted by Gasteiger charge is 2.39. The standard InChI is InChI=1S/C43H41N3O6/c1-42(2,40(49)50)46-39(48)37(44-41(51)52-28-36-34-24-14-12-22-32(34)33-23-13-15-25-35(33)36)26-27-38(47)45-43(29-16-6-3-7-17-29,30-18-8-4-9-19-30)31-20-10-5-11-21-31/h3-25,36-37H,26-28H2,1-2H3,(H,44,51)(H,45,47)(H,46,48)(H,49,50)/t37-/m0/s1. The minimum atomic E-state index is -1.64. The summed E-state index contributed by atoms with van der Waals surface area (Å²) in [5.41, 5.74) is 3.98. The molecule has 5 aromatic rings. The van der Waals surface area contributed by atoms with E-state index < -0.39 is 35.1 Å². The number of aliphatic carboxylic acids is 1. The summed E-state index contributed by atoms with van der Waals surface area (Å²) in [6.45, 7) is 2.71. The van der Waals surface area contributed by atoms with E-state index in [1.807, 2.05) is 140 Å². The molecular formula is C43H41N3O6. The molecule has 0 heterocycles. The van der Waals surface area contributed by atoms with Crippen molar-refractivity contribution in [3.8, 4) is 11.1 Å². The van der Waals surface area contributed by atoms with Gasteiger partial charge in [-0.25, -0.2) is 9.59 Å². The van der Waals surface area contributed by atoms with Crippen molar-refractivity contribution in [1.29, 1.82) is 0 Å². The predicted octanol–water partition coefficient (Wildman–Crippen LogP) is 6.76. The van der Waals surface area contributed by atoms with Crippen molar-refractivity contribution in [3.05, 3.63) is 167 Å². The van der Waals surface area contributed by atoms with Crippen LogP contribution in [0.1, 0.15) is 60.4 Å². The number of alkyl carbamates (subject to hydrolysis) is 1. The van der Waals surface area contributed by atoms with E-state index in [4.69, 9.17) is 4.74 Å². The summed E-state index contributed by atoms with van der Waals surface area (Å²) < 4.78 is 5.71. The van der Waals surface area contributed by atoms with Gasteiger partial charge in [-0.1, -0.05) is 140 Å². The van der Waals surface area contributed by atoms with E-state index in [-0.39, 0.29) is 31.3 Å². The molecule has 0 spiro atoms. The van der Waals surface area contributed by atoms with Crippen LogP contribution in [-0.2, 0) is 24.7 Å². The van der Waals surface area contributed by atoms with Crippen molar-refractivity contribution in [2.24, 2.45) is 0 Å². The molecule has 4 N–H and O–H groups in total. The summed E-state index contributed by atoms with van der Waals surface area (Å²) in [4.78, 5) is 52.8. The molecule has 0 bridgehead atoms. The molecule has 0 aromatic heterocycles. The molecule has 0 unspecified atom stereocenters. The third-order valence-electron chi connectivity index (χ3n) is 9.53. The van der Waals surface area contributed by atoms with Crippen LogP contribution >= 0.6 is 0 Å². The molecule has 1 aliphatic rings. The van der Waals surface area contributed by atoms with Crippen molar-refractivity contribution in [2.45, 2.75) is 49.7 Å². The van der Waals surface area contributed by atoms with Crippen molar-refractivity contribution in [2.75, 3.05) is 6.61 Å². The topological polar surface area (TPSA) is 134 Å². The minimum Gasteiger partial charge on any atom is -0.480 e. The predicted molar refractivity (Wildman–Crippen MR) is 198 cm³/mol. The zero-order chi connectivity index (χ0) is 36.7. The fourth-order valence-corrected chi connectivity index (χ4v) is 6.83. The number of carboxylic acid groups (broad SMARTS) is 1. The van der Waals surface area contributed by atoms with Gasteiger partial charge in [0.2, 0.25) is 11.8 Å². The summed E-state index contributed by atoms with van der Waals surface area (Å²) in [7, 11) is 0. The van der Waals surface area contributed by atoms with E-state index in [9.17, 15) is 24.3 Å². The van der Waals surface area contributed by atoms with Gasteiger partial charge in [0.25, 0.3) is 0 Å². The van der Waals surface area contributed by atoms with Crippen LogP contribution in [0.25, 0.3) is 11.1 Å². The maximum absolute atomic E-state index is 14.0. The van der Waals surface area contributed by atoms with Crippen LogP contribution < -0.4 is 16.0 Å². The zero-order valence-electron chi connectivity index (χ0n) is 29.0. The summed E-state index contributed by atoms with van der Waals surface area (Å²) in [5.74, 6) is -2.60. The van der Waals surface area contributed by atoms with Gasteiger partial charge in [0, 0.05) is 12.3 Å². The highest BCUT2D eigenvalue weighted by molar-refractivity contribution is 5.91. The third kappa shape index (κ3) is 7.44. The molecule has 1 atom stereocenters. The Morgan fingerprint density at radius 1 is 0.654 bits per heavy atom. The first kappa shape index (κ1) is 35.6. The second-order valence-corrected chi connectivity index (χ2v) is 13.4.